The summed E-state index contributed by atoms with van der Waals surface area (Å²) in [7, 11) is 0. The Morgan fingerprint density at radius 1 is 1.04 bits per heavy atom. The van der Waals surface area contributed by atoms with Gasteiger partial charge in [0.05, 0.1) is 12.3 Å². The van der Waals surface area contributed by atoms with Crippen LogP contribution in [0.4, 0.5) is 8.78 Å². The molecule has 1 heterocycles. The molecule has 0 bridgehead atoms. The van der Waals surface area contributed by atoms with Crippen LogP contribution in [-0.4, -0.2) is 17.7 Å². The predicted octanol–water partition coefficient (Wildman–Crippen LogP) is 4.75. The van der Waals surface area contributed by atoms with Crippen molar-refractivity contribution >= 4 is 0 Å². The van der Waals surface area contributed by atoms with E-state index in [1.807, 2.05) is 0 Å². The van der Waals surface area contributed by atoms with Crippen LogP contribution in [0, 0.1) is 17.6 Å². The first-order valence-electron chi connectivity index (χ1n) is 8.45. The summed E-state index contributed by atoms with van der Waals surface area (Å²) in [6.07, 6.45) is 5.57. The zero-order chi connectivity index (χ0) is 16.5. The van der Waals surface area contributed by atoms with Crippen LogP contribution in [0.1, 0.15) is 32.1 Å². The van der Waals surface area contributed by atoms with Crippen LogP contribution < -0.4 is 9.47 Å². The molecule has 2 aliphatic rings. The van der Waals surface area contributed by atoms with Crippen LogP contribution >= 0.6 is 0 Å². The number of aromatic nitrogens is 1. The first-order valence-corrected chi connectivity index (χ1v) is 8.45. The smallest absolute Gasteiger partial charge is 0.214 e. The Kier molecular flexibility index (Phi) is 4.08. The van der Waals surface area contributed by atoms with Gasteiger partial charge in [-0.2, -0.15) is 0 Å². The fourth-order valence-corrected chi connectivity index (χ4v) is 2.63. The second kappa shape index (κ2) is 6.38. The molecule has 0 radical (unpaired) electrons. The topological polar surface area (TPSA) is 31.4 Å². The molecule has 2 fully saturated rings. The molecule has 2 aliphatic carbocycles. The SMILES string of the molecule is Fc1cc(-c2cccc(OC3CCC3)n2)cc(F)c1OCC1CC1. The maximum absolute atomic E-state index is 14.2. The molecule has 0 N–H and O–H groups in total. The maximum Gasteiger partial charge on any atom is 0.214 e. The molecular formula is C19H19F2NO2. The molecule has 0 atom stereocenters. The Morgan fingerprint density at radius 2 is 1.79 bits per heavy atom. The Bertz CT molecular complexity index is 719. The summed E-state index contributed by atoms with van der Waals surface area (Å²) in [6.45, 7) is 0.371. The van der Waals surface area contributed by atoms with Crippen LogP contribution in [0.3, 0.4) is 0 Å². The number of hydrogen-bond donors (Lipinski definition) is 0. The van der Waals surface area contributed by atoms with Gasteiger partial charge in [-0.1, -0.05) is 6.07 Å². The summed E-state index contributed by atoms with van der Waals surface area (Å²) in [5, 5.41) is 0. The summed E-state index contributed by atoms with van der Waals surface area (Å²) in [5.74, 6) is -0.763. The highest BCUT2D eigenvalue weighted by molar-refractivity contribution is 5.61. The largest absolute Gasteiger partial charge is 0.487 e. The zero-order valence-electron chi connectivity index (χ0n) is 13.3. The van der Waals surface area contributed by atoms with Gasteiger partial charge in [-0.25, -0.2) is 13.8 Å². The van der Waals surface area contributed by atoms with Crippen molar-refractivity contribution in [3.8, 4) is 22.9 Å². The number of halogens is 2. The number of ether oxygens (including phenoxy) is 2. The molecule has 0 amide bonds. The molecular weight excluding hydrogens is 312 g/mol. The van der Waals surface area contributed by atoms with Crippen LogP contribution in [0.5, 0.6) is 11.6 Å². The van der Waals surface area contributed by atoms with Gasteiger partial charge >= 0.3 is 0 Å². The first kappa shape index (κ1) is 15.4. The first-order chi connectivity index (χ1) is 11.7. The highest BCUT2D eigenvalue weighted by Gasteiger charge is 2.24. The van der Waals surface area contributed by atoms with Gasteiger partial charge in [0, 0.05) is 11.6 Å². The average Bonchev–Trinajstić information content (AvgIpc) is 3.34. The lowest BCUT2D eigenvalue weighted by molar-refractivity contribution is 0.115. The molecule has 1 aromatic heterocycles. The molecule has 126 valence electrons. The third-order valence-corrected chi connectivity index (χ3v) is 4.52. The molecule has 0 saturated heterocycles. The second-order valence-corrected chi connectivity index (χ2v) is 6.56. The standard InChI is InChI=1S/C19H19F2NO2/c20-15-9-13(10-16(21)19(15)23-11-12-7-8-12)17-5-2-6-18(22-17)24-14-3-1-4-14/h2,5-6,9-10,12,14H,1,3-4,7-8,11H2. The van der Waals surface area contributed by atoms with Crippen LogP contribution in [-0.2, 0) is 0 Å². The van der Waals surface area contributed by atoms with Crippen LogP contribution in [0.25, 0.3) is 11.3 Å². The molecule has 0 unspecified atom stereocenters. The van der Waals surface area contributed by atoms with Crippen molar-refractivity contribution in [2.45, 2.75) is 38.2 Å². The summed E-state index contributed by atoms with van der Waals surface area (Å²) in [4.78, 5) is 4.36. The lowest BCUT2D eigenvalue weighted by Crippen LogP contribution is -2.24. The Labute approximate surface area is 139 Å². The summed E-state index contributed by atoms with van der Waals surface area (Å²) in [6, 6.07) is 7.79. The van der Waals surface area contributed by atoms with E-state index in [0.717, 1.165) is 25.7 Å². The van der Waals surface area contributed by atoms with E-state index in [1.54, 1.807) is 18.2 Å². The number of rotatable bonds is 6. The molecule has 0 aliphatic heterocycles. The molecule has 3 nitrogen and oxygen atoms in total. The molecule has 0 spiro atoms. The van der Waals surface area contributed by atoms with Gasteiger partial charge in [0.15, 0.2) is 17.4 Å². The van der Waals surface area contributed by atoms with Crippen LogP contribution in [0.15, 0.2) is 30.3 Å². The van der Waals surface area contributed by atoms with Crippen molar-refractivity contribution in [3.63, 3.8) is 0 Å². The van der Waals surface area contributed by atoms with E-state index in [9.17, 15) is 8.78 Å². The van der Waals surface area contributed by atoms with E-state index in [2.05, 4.69) is 4.98 Å². The van der Waals surface area contributed by atoms with E-state index in [-0.39, 0.29) is 11.9 Å². The highest BCUT2D eigenvalue weighted by atomic mass is 19.1. The van der Waals surface area contributed by atoms with Gasteiger partial charge in [-0.15, -0.1) is 0 Å². The van der Waals surface area contributed by atoms with E-state index in [4.69, 9.17) is 9.47 Å². The molecule has 4 rings (SSSR count). The average molecular weight is 331 g/mol. The number of nitrogens with zero attached hydrogens (tertiary/aromatic N) is 1. The normalized spacial score (nSPS) is 17.4. The summed E-state index contributed by atoms with van der Waals surface area (Å²) < 4.78 is 39.5. The molecule has 1 aromatic carbocycles. The number of pyridine rings is 1. The van der Waals surface area contributed by atoms with E-state index in [1.165, 1.54) is 18.6 Å². The van der Waals surface area contributed by atoms with Gasteiger partial charge in [-0.3, -0.25) is 0 Å². The van der Waals surface area contributed by atoms with Crippen LogP contribution in [0.2, 0.25) is 0 Å². The zero-order valence-corrected chi connectivity index (χ0v) is 13.3. The monoisotopic (exact) mass is 331 g/mol. The quantitative estimate of drug-likeness (QED) is 0.766. The van der Waals surface area contributed by atoms with Gasteiger partial charge in [-0.05, 0) is 56.2 Å². The molecule has 24 heavy (non-hydrogen) atoms. The van der Waals surface area contributed by atoms with Crippen molar-refractivity contribution in [1.82, 2.24) is 4.98 Å². The van der Waals surface area contributed by atoms with Crippen molar-refractivity contribution in [1.29, 1.82) is 0 Å². The minimum Gasteiger partial charge on any atom is -0.487 e. The second-order valence-electron chi connectivity index (χ2n) is 6.56. The van der Waals surface area contributed by atoms with E-state index in [0.29, 0.717) is 29.7 Å². The summed E-state index contributed by atoms with van der Waals surface area (Å²) >= 11 is 0. The van der Waals surface area contributed by atoms with E-state index < -0.39 is 11.6 Å². The molecule has 5 heteroatoms. The van der Waals surface area contributed by atoms with E-state index >= 15 is 0 Å². The minimum atomic E-state index is -0.697. The minimum absolute atomic E-state index is 0.208. The Hall–Kier alpha value is -2.17. The van der Waals surface area contributed by atoms with Crippen molar-refractivity contribution in [3.05, 3.63) is 42.0 Å². The number of benzene rings is 1. The highest BCUT2D eigenvalue weighted by Crippen LogP contribution is 2.33. The van der Waals surface area contributed by atoms with Gasteiger partial charge in [0.1, 0.15) is 6.10 Å². The Morgan fingerprint density at radius 3 is 2.42 bits per heavy atom. The summed E-state index contributed by atoms with van der Waals surface area (Å²) in [5.41, 5.74) is 0.862. The lowest BCUT2D eigenvalue weighted by Gasteiger charge is -2.25. The molecule has 2 saturated carbocycles. The third-order valence-electron chi connectivity index (χ3n) is 4.52. The fraction of sp³-hybridized carbons (Fsp3) is 0.421. The predicted molar refractivity (Wildman–Crippen MR) is 86.1 cm³/mol. The van der Waals surface area contributed by atoms with Gasteiger partial charge in [0.25, 0.3) is 0 Å². The Balaban J connectivity index is 1.55. The fourth-order valence-electron chi connectivity index (χ4n) is 2.63. The lowest BCUT2D eigenvalue weighted by atomic mass is 9.96. The number of hydrogen-bond acceptors (Lipinski definition) is 3. The van der Waals surface area contributed by atoms with Gasteiger partial charge in [0.2, 0.25) is 5.88 Å². The van der Waals surface area contributed by atoms with Gasteiger partial charge < -0.3 is 9.47 Å². The third kappa shape index (κ3) is 3.35. The van der Waals surface area contributed by atoms with Crippen molar-refractivity contribution < 1.29 is 18.3 Å². The van der Waals surface area contributed by atoms with Crippen molar-refractivity contribution in [2.24, 2.45) is 5.92 Å². The molecule has 2 aromatic rings. The maximum atomic E-state index is 14.2. The van der Waals surface area contributed by atoms with Crippen molar-refractivity contribution in [2.75, 3.05) is 6.61 Å².